The molecule has 0 aliphatic carbocycles. The summed E-state index contributed by atoms with van der Waals surface area (Å²) in [5.41, 5.74) is 0. The Kier molecular flexibility index (Phi) is 5.01. The summed E-state index contributed by atoms with van der Waals surface area (Å²) < 4.78 is 0. The molecule has 4 heteroatoms. The minimum atomic E-state index is 0.197. The van der Waals surface area contributed by atoms with Crippen LogP contribution in [0.5, 0.6) is 0 Å². The summed E-state index contributed by atoms with van der Waals surface area (Å²) in [4.78, 5) is 14.3. The molecule has 2 atom stereocenters. The van der Waals surface area contributed by atoms with Gasteiger partial charge in [-0.05, 0) is 38.1 Å². The SMILES string of the molecule is CCC(CC)NC(=O)CN1CC2CCCNC2C1. The lowest BCUT2D eigenvalue weighted by molar-refractivity contribution is -0.122. The standard InChI is InChI=1S/C14H27N3O/c1-3-12(4-2)16-14(18)10-17-8-11-6-5-7-15-13(11)9-17/h11-13,15H,3-10H2,1-2H3,(H,16,18). The monoisotopic (exact) mass is 253 g/mol. The van der Waals surface area contributed by atoms with Gasteiger partial charge < -0.3 is 10.6 Å². The Bertz CT molecular complexity index is 264. The molecule has 0 bridgehead atoms. The van der Waals surface area contributed by atoms with Gasteiger partial charge in [-0.3, -0.25) is 9.69 Å². The van der Waals surface area contributed by atoms with E-state index >= 15 is 0 Å². The molecule has 0 aromatic carbocycles. The number of carbonyl (C=O) groups is 1. The first-order valence-corrected chi connectivity index (χ1v) is 7.48. The molecule has 104 valence electrons. The molecule has 18 heavy (non-hydrogen) atoms. The lowest BCUT2D eigenvalue weighted by atomic mass is 9.94. The average molecular weight is 253 g/mol. The molecule has 0 radical (unpaired) electrons. The van der Waals surface area contributed by atoms with Crippen LogP contribution in [0.3, 0.4) is 0 Å². The van der Waals surface area contributed by atoms with Gasteiger partial charge in [-0.1, -0.05) is 13.8 Å². The number of carbonyl (C=O) groups excluding carboxylic acids is 1. The molecule has 4 nitrogen and oxygen atoms in total. The summed E-state index contributed by atoms with van der Waals surface area (Å²) in [5.74, 6) is 0.960. The number of fused-ring (bicyclic) bond motifs is 1. The van der Waals surface area contributed by atoms with Crippen molar-refractivity contribution in [2.45, 2.75) is 51.6 Å². The van der Waals surface area contributed by atoms with Crippen molar-refractivity contribution >= 4 is 5.91 Å². The minimum Gasteiger partial charge on any atom is -0.352 e. The van der Waals surface area contributed by atoms with Gasteiger partial charge in [0.2, 0.25) is 5.91 Å². The molecule has 0 saturated carbocycles. The van der Waals surface area contributed by atoms with Crippen LogP contribution in [0, 0.1) is 5.92 Å². The molecule has 2 fully saturated rings. The molecule has 2 aliphatic rings. The molecule has 2 N–H and O–H groups in total. The zero-order valence-corrected chi connectivity index (χ0v) is 11.7. The summed E-state index contributed by atoms with van der Waals surface area (Å²) in [6, 6.07) is 0.972. The maximum absolute atomic E-state index is 12.0. The van der Waals surface area contributed by atoms with Crippen LogP contribution in [-0.4, -0.2) is 49.1 Å². The molecular weight excluding hydrogens is 226 g/mol. The normalized spacial score (nSPS) is 28.4. The third-order valence-electron chi connectivity index (χ3n) is 4.39. The summed E-state index contributed by atoms with van der Waals surface area (Å²) in [6.07, 6.45) is 4.65. The number of hydrogen-bond donors (Lipinski definition) is 2. The van der Waals surface area contributed by atoms with Gasteiger partial charge in [0.05, 0.1) is 6.54 Å². The fourth-order valence-electron chi connectivity index (χ4n) is 3.23. The first-order valence-electron chi connectivity index (χ1n) is 7.48. The van der Waals surface area contributed by atoms with Gasteiger partial charge in [0.25, 0.3) is 0 Å². The van der Waals surface area contributed by atoms with E-state index in [9.17, 15) is 4.79 Å². The largest absolute Gasteiger partial charge is 0.352 e. The van der Waals surface area contributed by atoms with Gasteiger partial charge in [0.15, 0.2) is 0 Å². The summed E-state index contributed by atoms with van der Waals surface area (Å²) >= 11 is 0. The van der Waals surface area contributed by atoms with Crippen molar-refractivity contribution in [2.24, 2.45) is 5.92 Å². The van der Waals surface area contributed by atoms with Gasteiger partial charge in [-0.25, -0.2) is 0 Å². The van der Waals surface area contributed by atoms with Gasteiger partial charge in [-0.15, -0.1) is 0 Å². The first-order chi connectivity index (χ1) is 8.72. The Morgan fingerprint density at radius 1 is 1.39 bits per heavy atom. The molecule has 0 aromatic rings. The van der Waals surface area contributed by atoms with Crippen molar-refractivity contribution in [3.05, 3.63) is 0 Å². The van der Waals surface area contributed by atoms with Gasteiger partial charge in [-0.2, -0.15) is 0 Å². The van der Waals surface area contributed by atoms with Crippen molar-refractivity contribution in [1.29, 1.82) is 0 Å². The number of piperidine rings is 1. The lowest BCUT2D eigenvalue weighted by Gasteiger charge is -2.24. The fourth-order valence-corrected chi connectivity index (χ4v) is 3.23. The Morgan fingerprint density at radius 3 is 2.83 bits per heavy atom. The number of nitrogens with one attached hydrogen (secondary N) is 2. The second-order valence-electron chi connectivity index (χ2n) is 5.74. The fraction of sp³-hybridized carbons (Fsp3) is 0.929. The number of rotatable bonds is 5. The third-order valence-corrected chi connectivity index (χ3v) is 4.39. The van der Waals surface area contributed by atoms with Crippen LogP contribution in [-0.2, 0) is 4.79 Å². The van der Waals surface area contributed by atoms with Gasteiger partial charge >= 0.3 is 0 Å². The quantitative estimate of drug-likeness (QED) is 0.767. The van der Waals surface area contributed by atoms with Crippen molar-refractivity contribution in [3.8, 4) is 0 Å². The highest BCUT2D eigenvalue weighted by atomic mass is 16.2. The van der Waals surface area contributed by atoms with Crippen molar-refractivity contribution < 1.29 is 4.79 Å². The van der Waals surface area contributed by atoms with Crippen LogP contribution in [0.4, 0.5) is 0 Å². The molecule has 2 rings (SSSR count). The lowest BCUT2D eigenvalue weighted by Crippen LogP contribution is -2.42. The molecular formula is C14H27N3O. The van der Waals surface area contributed by atoms with Crippen molar-refractivity contribution in [3.63, 3.8) is 0 Å². The highest BCUT2D eigenvalue weighted by Gasteiger charge is 2.34. The van der Waals surface area contributed by atoms with Crippen molar-refractivity contribution in [1.82, 2.24) is 15.5 Å². The van der Waals surface area contributed by atoms with E-state index in [0.29, 0.717) is 18.6 Å². The Hall–Kier alpha value is -0.610. The number of likely N-dealkylation sites (tertiary alicyclic amines) is 1. The van der Waals surface area contributed by atoms with Crippen LogP contribution in [0.25, 0.3) is 0 Å². The van der Waals surface area contributed by atoms with E-state index < -0.39 is 0 Å². The summed E-state index contributed by atoms with van der Waals surface area (Å²) in [5, 5.41) is 6.70. The number of amides is 1. The van der Waals surface area contributed by atoms with Gasteiger partial charge in [0.1, 0.15) is 0 Å². The van der Waals surface area contributed by atoms with Crippen LogP contribution in [0.1, 0.15) is 39.5 Å². The Morgan fingerprint density at radius 2 is 2.17 bits per heavy atom. The summed E-state index contributed by atoms with van der Waals surface area (Å²) in [7, 11) is 0. The van der Waals surface area contributed by atoms with E-state index in [0.717, 1.165) is 38.4 Å². The first kappa shape index (κ1) is 13.8. The highest BCUT2D eigenvalue weighted by Crippen LogP contribution is 2.24. The molecule has 2 heterocycles. The summed E-state index contributed by atoms with van der Waals surface area (Å²) in [6.45, 7) is 8.11. The van der Waals surface area contributed by atoms with E-state index in [1.165, 1.54) is 12.8 Å². The molecule has 2 aliphatic heterocycles. The second kappa shape index (κ2) is 6.53. The van der Waals surface area contributed by atoms with Crippen LogP contribution in [0.2, 0.25) is 0 Å². The minimum absolute atomic E-state index is 0.197. The highest BCUT2D eigenvalue weighted by molar-refractivity contribution is 5.78. The third kappa shape index (κ3) is 3.45. The number of hydrogen-bond acceptors (Lipinski definition) is 3. The van der Waals surface area contributed by atoms with E-state index in [-0.39, 0.29) is 5.91 Å². The Labute approximate surface area is 110 Å². The topological polar surface area (TPSA) is 44.4 Å². The molecule has 2 saturated heterocycles. The molecule has 1 amide bonds. The number of nitrogens with zero attached hydrogens (tertiary/aromatic N) is 1. The molecule has 0 aromatic heterocycles. The van der Waals surface area contributed by atoms with Crippen LogP contribution >= 0.6 is 0 Å². The second-order valence-corrected chi connectivity index (χ2v) is 5.74. The van der Waals surface area contributed by atoms with E-state index in [2.05, 4.69) is 29.4 Å². The van der Waals surface area contributed by atoms with Crippen LogP contribution < -0.4 is 10.6 Å². The smallest absolute Gasteiger partial charge is 0.234 e. The zero-order chi connectivity index (χ0) is 13.0. The van der Waals surface area contributed by atoms with E-state index in [1.54, 1.807) is 0 Å². The predicted octanol–water partition coefficient (Wildman–Crippen LogP) is 0.975. The molecule has 2 unspecified atom stereocenters. The molecule has 0 spiro atoms. The maximum atomic E-state index is 12.0. The average Bonchev–Trinajstić information content (AvgIpc) is 2.77. The van der Waals surface area contributed by atoms with E-state index in [4.69, 9.17) is 0 Å². The maximum Gasteiger partial charge on any atom is 0.234 e. The van der Waals surface area contributed by atoms with E-state index in [1.807, 2.05) is 0 Å². The van der Waals surface area contributed by atoms with Crippen molar-refractivity contribution in [2.75, 3.05) is 26.2 Å². The van der Waals surface area contributed by atoms with Gasteiger partial charge in [0, 0.05) is 25.2 Å². The Balaban J connectivity index is 1.75. The van der Waals surface area contributed by atoms with Crippen LogP contribution in [0.15, 0.2) is 0 Å². The zero-order valence-electron chi connectivity index (χ0n) is 11.7. The predicted molar refractivity (Wildman–Crippen MR) is 73.5 cm³/mol.